The lowest BCUT2D eigenvalue weighted by atomic mass is 10.0. The van der Waals surface area contributed by atoms with Crippen LogP contribution in [0.2, 0.25) is 0 Å². The molecular weight excluding hydrogens is 540 g/mol. The van der Waals surface area contributed by atoms with Crippen LogP contribution in [-0.2, 0) is 9.13 Å². The standard InChI is InChI=1S/C24H53NO6P2.BrH/c1-4-5-6-7-8-9-10-11-12-13-14-15-16-17-18-19-22-25(2,3)23-20-21-24(32(26,27)28)33(29,30)31;/h24H,4-23H2,1-3H3,(H3-,26,27,28,29,30,31);1H/p+1. The van der Waals surface area contributed by atoms with Crippen molar-refractivity contribution in [3.05, 3.63) is 0 Å². The van der Waals surface area contributed by atoms with E-state index in [1.165, 1.54) is 96.3 Å². The van der Waals surface area contributed by atoms with Gasteiger partial charge in [-0.05, 0) is 25.7 Å². The van der Waals surface area contributed by atoms with Crippen LogP contribution in [0, 0.1) is 0 Å². The predicted molar refractivity (Wildman–Crippen MR) is 149 cm³/mol. The summed E-state index contributed by atoms with van der Waals surface area (Å²) in [5, 5.41) is -1.87. The van der Waals surface area contributed by atoms with E-state index in [4.69, 9.17) is 0 Å². The Hall–Kier alpha value is 0.740. The van der Waals surface area contributed by atoms with Crippen LogP contribution in [0.4, 0.5) is 0 Å². The van der Waals surface area contributed by atoms with Crippen LogP contribution in [0.1, 0.15) is 122 Å². The topological polar surface area (TPSA) is 115 Å². The van der Waals surface area contributed by atoms with Gasteiger partial charge in [-0.2, -0.15) is 0 Å². The zero-order valence-electron chi connectivity index (χ0n) is 22.1. The lowest BCUT2D eigenvalue weighted by Gasteiger charge is -2.30. The summed E-state index contributed by atoms with van der Waals surface area (Å²) in [6.45, 7) is 3.88. The maximum atomic E-state index is 11.4. The quantitative estimate of drug-likeness (QED) is 0.0557. The number of rotatable bonds is 23. The first kappa shape index (κ1) is 36.9. The highest BCUT2D eigenvalue weighted by Crippen LogP contribution is 2.61. The van der Waals surface area contributed by atoms with E-state index in [2.05, 4.69) is 21.0 Å². The first-order valence-electron chi connectivity index (χ1n) is 13.3. The summed E-state index contributed by atoms with van der Waals surface area (Å²) in [5.41, 5.74) is 0. The summed E-state index contributed by atoms with van der Waals surface area (Å²) in [6, 6.07) is 0. The van der Waals surface area contributed by atoms with Crippen LogP contribution >= 0.6 is 32.2 Å². The van der Waals surface area contributed by atoms with Crippen LogP contribution in [0.5, 0.6) is 0 Å². The molecule has 0 saturated heterocycles. The Morgan fingerprint density at radius 3 is 1.18 bits per heavy atom. The van der Waals surface area contributed by atoms with Crippen molar-refractivity contribution in [3.8, 4) is 0 Å². The summed E-state index contributed by atoms with van der Waals surface area (Å²) >= 11 is 0. The van der Waals surface area contributed by atoms with Gasteiger partial charge in [0, 0.05) is 0 Å². The average molecular weight is 596 g/mol. The molecule has 0 fully saturated rings. The van der Waals surface area contributed by atoms with Crippen LogP contribution < -0.4 is 0 Å². The predicted octanol–water partition coefficient (Wildman–Crippen LogP) is 7.36. The first-order chi connectivity index (χ1) is 15.4. The first-order valence-corrected chi connectivity index (χ1v) is 16.7. The van der Waals surface area contributed by atoms with Crippen molar-refractivity contribution in [3.63, 3.8) is 0 Å². The highest BCUT2D eigenvalue weighted by atomic mass is 79.9. The molecule has 7 nitrogen and oxygen atoms in total. The van der Waals surface area contributed by atoms with Crippen molar-refractivity contribution in [2.45, 2.75) is 128 Å². The number of unbranched alkanes of at least 4 members (excludes halogenated alkanes) is 15. The Morgan fingerprint density at radius 2 is 0.853 bits per heavy atom. The second-order valence-electron chi connectivity index (χ2n) is 10.5. The fraction of sp³-hybridized carbons (Fsp3) is 1.00. The van der Waals surface area contributed by atoms with E-state index in [9.17, 15) is 28.7 Å². The molecule has 0 amide bonds. The molecule has 10 heteroatoms. The smallest absolute Gasteiger partial charge is 0.328 e. The molecule has 34 heavy (non-hydrogen) atoms. The number of halogens is 1. The van der Waals surface area contributed by atoms with Crippen molar-refractivity contribution < 1.29 is 33.2 Å². The number of quaternary nitrogens is 1. The van der Waals surface area contributed by atoms with E-state index in [0.717, 1.165) is 13.0 Å². The lowest BCUT2D eigenvalue weighted by Crippen LogP contribution is -2.41. The van der Waals surface area contributed by atoms with Gasteiger partial charge in [-0.15, -0.1) is 17.0 Å². The number of hydrogen-bond donors (Lipinski definition) is 4. The molecule has 0 aliphatic heterocycles. The second-order valence-corrected chi connectivity index (χ2v) is 14.5. The summed E-state index contributed by atoms with van der Waals surface area (Å²) in [4.78, 5) is 36.9. The number of nitrogens with zero attached hydrogens (tertiary/aromatic N) is 1. The normalized spacial score (nSPS) is 12.8. The minimum Gasteiger partial charge on any atom is -0.328 e. The number of hydrogen-bond acceptors (Lipinski definition) is 2. The molecule has 0 aromatic heterocycles. The summed E-state index contributed by atoms with van der Waals surface area (Å²) in [7, 11) is -5.48. The molecule has 0 heterocycles. The van der Waals surface area contributed by atoms with E-state index in [1.54, 1.807) is 0 Å². The Balaban J connectivity index is 0. The largest absolute Gasteiger partial charge is 0.340 e. The summed E-state index contributed by atoms with van der Waals surface area (Å²) in [6.07, 6.45) is 21.6. The third-order valence-electron chi connectivity index (χ3n) is 6.62. The molecule has 0 aliphatic rings. The second kappa shape index (κ2) is 20.8. The summed E-state index contributed by atoms with van der Waals surface area (Å²) in [5.74, 6) is 0. The lowest BCUT2D eigenvalue weighted by molar-refractivity contribution is -0.890. The van der Waals surface area contributed by atoms with Crippen LogP contribution in [0.15, 0.2) is 0 Å². The molecule has 4 N–H and O–H groups in total. The van der Waals surface area contributed by atoms with E-state index < -0.39 is 20.6 Å². The maximum Gasteiger partial charge on any atom is 0.340 e. The van der Waals surface area contributed by atoms with Crippen molar-refractivity contribution >= 4 is 32.2 Å². The van der Waals surface area contributed by atoms with Gasteiger partial charge >= 0.3 is 15.2 Å². The summed E-state index contributed by atoms with van der Waals surface area (Å²) < 4.78 is 23.4. The molecule has 0 rings (SSSR count). The maximum absolute atomic E-state index is 11.4. The van der Waals surface area contributed by atoms with E-state index >= 15 is 0 Å². The molecule has 0 bridgehead atoms. The average Bonchev–Trinajstić information content (AvgIpc) is 2.69. The van der Waals surface area contributed by atoms with Crippen LogP contribution in [0.25, 0.3) is 0 Å². The zero-order valence-corrected chi connectivity index (χ0v) is 25.6. The SMILES string of the molecule is Br.CCCCCCCCCCCCCCCCCC[N+](C)(C)CCCC(P(=O)(O)O)P(=O)(O)O. The molecule has 0 saturated carbocycles. The third kappa shape index (κ3) is 22.0. The van der Waals surface area contributed by atoms with Crippen molar-refractivity contribution in [1.29, 1.82) is 0 Å². The van der Waals surface area contributed by atoms with Gasteiger partial charge in [-0.1, -0.05) is 96.8 Å². The van der Waals surface area contributed by atoms with Crippen LogP contribution in [0.3, 0.4) is 0 Å². The van der Waals surface area contributed by atoms with E-state index in [-0.39, 0.29) is 23.4 Å². The van der Waals surface area contributed by atoms with Gasteiger partial charge in [0.25, 0.3) is 0 Å². The molecule has 0 atom stereocenters. The Bertz CT molecular complexity index is 546. The van der Waals surface area contributed by atoms with Gasteiger partial charge in [-0.3, -0.25) is 9.13 Å². The van der Waals surface area contributed by atoms with E-state index in [0.29, 0.717) is 17.4 Å². The van der Waals surface area contributed by atoms with Gasteiger partial charge in [0.05, 0.1) is 27.2 Å². The van der Waals surface area contributed by atoms with E-state index in [1.807, 2.05) is 0 Å². The van der Waals surface area contributed by atoms with Gasteiger partial charge in [0.1, 0.15) is 0 Å². The molecule has 0 aliphatic carbocycles. The molecule has 0 aromatic rings. The van der Waals surface area contributed by atoms with Gasteiger partial charge < -0.3 is 24.1 Å². The zero-order chi connectivity index (χ0) is 25.2. The molecule has 0 spiro atoms. The minimum atomic E-state index is -4.80. The van der Waals surface area contributed by atoms with Crippen molar-refractivity contribution in [2.75, 3.05) is 27.2 Å². The van der Waals surface area contributed by atoms with Crippen molar-refractivity contribution in [2.24, 2.45) is 0 Å². The Labute approximate surface area is 220 Å². The van der Waals surface area contributed by atoms with Crippen molar-refractivity contribution in [1.82, 2.24) is 0 Å². The fourth-order valence-corrected chi connectivity index (χ4v) is 7.04. The third-order valence-corrected chi connectivity index (χ3v) is 10.5. The molecular formula is C24H55BrNO6P2+. The van der Waals surface area contributed by atoms with Crippen LogP contribution in [-0.4, -0.2) is 56.6 Å². The fourth-order valence-electron chi connectivity index (χ4n) is 4.43. The minimum absolute atomic E-state index is 0. The highest BCUT2D eigenvalue weighted by Gasteiger charge is 2.42. The molecule has 0 unspecified atom stereocenters. The van der Waals surface area contributed by atoms with Gasteiger partial charge in [0.15, 0.2) is 5.40 Å². The molecule has 208 valence electrons. The Kier molecular flexibility index (Phi) is 22.5. The highest BCUT2D eigenvalue weighted by molar-refractivity contribution is 8.93. The Morgan fingerprint density at radius 1 is 0.559 bits per heavy atom. The molecule has 0 aromatic carbocycles. The van der Waals surface area contributed by atoms with Gasteiger partial charge in [0.2, 0.25) is 0 Å². The monoisotopic (exact) mass is 594 g/mol. The van der Waals surface area contributed by atoms with Gasteiger partial charge in [-0.25, -0.2) is 0 Å². The molecule has 0 radical (unpaired) electrons.